The van der Waals surface area contributed by atoms with Crippen molar-refractivity contribution in [3.05, 3.63) is 60.7 Å². The Balaban J connectivity index is 1.99. The smallest absolute Gasteiger partial charge is 0.203 e. The van der Waals surface area contributed by atoms with E-state index in [1.807, 2.05) is 60.7 Å². The lowest BCUT2D eigenvalue weighted by molar-refractivity contribution is 0.324. The maximum absolute atomic E-state index is 5.53. The lowest BCUT2D eigenvalue weighted by Crippen LogP contribution is -2.00. The van der Waals surface area contributed by atoms with E-state index in [4.69, 9.17) is 23.9 Å². The molecule has 4 aromatic rings. The highest BCUT2D eigenvalue weighted by Crippen LogP contribution is 2.42. The molecule has 0 aliphatic heterocycles. The average molecular weight is 390 g/mol. The first-order valence-corrected chi connectivity index (χ1v) is 9.12. The fourth-order valence-corrected chi connectivity index (χ4v) is 3.42. The minimum Gasteiger partial charge on any atom is -0.497 e. The summed E-state index contributed by atoms with van der Waals surface area (Å²) in [7, 11) is 6.46. The molecule has 1 aromatic heterocycles. The van der Waals surface area contributed by atoms with Gasteiger partial charge < -0.3 is 18.9 Å². The molecule has 0 unspecified atom stereocenters. The fraction of sp³-hybridized carbons (Fsp3) is 0.174. The zero-order valence-electron chi connectivity index (χ0n) is 16.8. The van der Waals surface area contributed by atoms with Crippen molar-refractivity contribution < 1.29 is 18.9 Å². The van der Waals surface area contributed by atoms with Crippen molar-refractivity contribution >= 4 is 11.0 Å². The van der Waals surface area contributed by atoms with Crippen LogP contribution < -0.4 is 18.9 Å². The van der Waals surface area contributed by atoms with Gasteiger partial charge in [0, 0.05) is 11.3 Å². The van der Waals surface area contributed by atoms with Crippen molar-refractivity contribution in [3.8, 4) is 40.1 Å². The zero-order valence-corrected chi connectivity index (χ0v) is 16.8. The summed E-state index contributed by atoms with van der Waals surface area (Å²) in [6.07, 6.45) is 0. The molecule has 29 heavy (non-hydrogen) atoms. The van der Waals surface area contributed by atoms with Crippen LogP contribution in [0.4, 0.5) is 0 Å². The number of rotatable bonds is 6. The normalized spacial score (nSPS) is 10.8. The number of benzene rings is 3. The lowest BCUT2D eigenvalue weighted by Gasteiger charge is -2.15. The first-order chi connectivity index (χ1) is 14.2. The molecule has 0 aliphatic carbocycles. The Morgan fingerprint density at radius 2 is 1.38 bits per heavy atom. The third-order valence-electron chi connectivity index (χ3n) is 4.81. The number of imidazole rings is 1. The van der Waals surface area contributed by atoms with Gasteiger partial charge >= 0.3 is 0 Å². The minimum atomic E-state index is 0.547. The van der Waals surface area contributed by atoms with Crippen LogP contribution in [0.3, 0.4) is 0 Å². The molecule has 6 heteroatoms. The molecule has 0 saturated heterocycles. The quantitative estimate of drug-likeness (QED) is 0.477. The van der Waals surface area contributed by atoms with Crippen molar-refractivity contribution in [2.45, 2.75) is 0 Å². The number of hydrogen-bond acceptors (Lipinski definition) is 5. The van der Waals surface area contributed by atoms with Gasteiger partial charge in [-0.05, 0) is 48.5 Å². The molecule has 4 rings (SSSR count). The van der Waals surface area contributed by atoms with Crippen molar-refractivity contribution in [2.75, 3.05) is 28.4 Å². The molecule has 0 saturated carbocycles. The third kappa shape index (κ3) is 3.23. The second-order valence-corrected chi connectivity index (χ2v) is 6.37. The molecule has 0 aliphatic rings. The van der Waals surface area contributed by atoms with Gasteiger partial charge in [-0.2, -0.15) is 0 Å². The highest BCUT2D eigenvalue weighted by atomic mass is 16.5. The monoisotopic (exact) mass is 390 g/mol. The first kappa shape index (κ1) is 18.7. The maximum atomic E-state index is 5.53. The maximum Gasteiger partial charge on any atom is 0.203 e. The summed E-state index contributed by atoms with van der Waals surface area (Å²) in [6, 6.07) is 19.7. The molecule has 0 radical (unpaired) electrons. The predicted molar refractivity (Wildman–Crippen MR) is 113 cm³/mol. The highest BCUT2D eigenvalue weighted by molar-refractivity contribution is 5.84. The minimum absolute atomic E-state index is 0.547. The van der Waals surface area contributed by atoms with Crippen LogP contribution in [-0.4, -0.2) is 38.0 Å². The largest absolute Gasteiger partial charge is 0.497 e. The second kappa shape index (κ2) is 7.75. The van der Waals surface area contributed by atoms with Gasteiger partial charge in [0.15, 0.2) is 11.5 Å². The molecule has 0 spiro atoms. The average Bonchev–Trinajstić information content (AvgIpc) is 3.17. The van der Waals surface area contributed by atoms with Crippen LogP contribution in [0, 0.1) is 0 Å². The van der Waals surface area contributed by atoms with Gasteiger partial charge in [-0.25, -0.2) is 4.98 Å². The first-order valence-electron chi connectivity index (χ1n) is 9.12. The zero-order chi connectivity index (χ0) is 20.4. The van der Waals surface area contributed by atoms with Crippen LogP contribution in [-0.2, 0) is 0 Å². The van der Waals surface area contributed by atoms with Gasteiger partial charge in [0.1, 0.15) is 11.6 Å². The number of hydrogen-bond donors (Lipinski definition) is 0. The molecule has 0 fully saturated rings. The van der Waals surface area contributed by atoms with Crippen LogP contribution in [0.25, 0.3) is 28.1 Å². The van der Waals surface area contributed by atoms with E-state index in [1.165, 1.54) is 0 Å². The van der Waals surface area contributed by atoms with Crippen LogP contribution >= 0.6 is 0 Å². The summed E-state index contributed by atoms with van der Waals surface area (Å²) in [5.74, 6) is 3.28. The number of nitrogens with zero attached hydrogens (tertiary/aromatic N) is 2. The Kier molecular flexibility index (Phi) is 4.99. The predicted octanol–water partition coefficient (Wildman–Crippen LogP) is 4.73. The van der Waals surface area contributed by atoms with Crippen LogP contribution in [0.2, 0.25) is 0 Å². The van der Waals surface area contributed by atoms with Crippen molar-refractivity contribution in [1.29, 1.82) is 0 Å². The summed E-state index contributed by atoms with van der Waals surface area (Å²) in [4.78, 5) is 4.89. The summed E-state index contributed by atoms with van der Waals surface area (Å²) in [6.45, 7) is 0. The molecule has 0 N–H and O–H groups in total. The second-order valence-electron chi connectivity index (χ2n) is 6.37. The number of ether oxygens (including phenoxy) is 4. The number of aromatic nitrogens is 2. The van der Waals surface area contributed by atoms with E-state index in [0.29, 0.717) is 17.2 Å². The van der Waals surface area contributed by atoms with Gasteiger partial charge in [-0.1, -0.05) is 12.1 Å². The van der Waals surface area contributed by atoms with E-state index in [1.54, 1.807) is 28.4 Å². The van der Waals surface area contributed by atoms with Gasteiger partial charge in [0.05, 0.1) is 39.5 Å². The standard InChI is InChI=1S/C23H22N2O4/c1-26-17-11-9-16(10-12-17)25-19-8-6-5-7-18(19)24-23(25)15-13-20(27-2)22(29-4)21(14-15)28-3/h5-14H,1-4H3. The lowest BCUT2D eigenvalue weighted by atomic mass is 10.1. The van der Waals surface area contributed by atoms with E-state index in [-0.39, 0.29) is 0 Å². The van der Waals surface area contributed by atoms with E-state index in [0.717, 1.165) is 33.9 Å². The topological polar surface area (TPSA) is 54.7 Å². The molecule has 3 aromatic carbocycles. The molecule has 1 heterocycles. The van der Waals surface area contributed by atoms with Crippen molar-refractivity contribution in [3.63, 3.8) is 0 Å². The Labute approximate surface area is 169 Å². The fourth-order valence-electron chi connectivity index (χ4n) is 3.42. The summed E-state index contributed by atoms with van der Waals surface area (Å²) < 4.78 is 23.9. The molecule has 6 nitrogen and oxygen atoms in total. The Hall–Kier alpha value is -3.67. The highest BCUT2D eigenvalue weighted by Gasteiger charge is 2.19. The van der Waals surface area contributed by atoms with Crippen molar-refractivity contribution in [2.24, 2.45) is 0 Å². The van der Waals surface area contributed by atoms with E-state index < -0.39 is 0 Å². The SMILES string of the molecule is COc1ccc(-n2c(-c3cc(OC)c(OC)c(OC)c3)nc3ccccc32)cc1. The summed E-state index contributed by atoms with van der Waals surface area (Å²) >= 11 is 0. The van der Waals surface area contributed by atoms with Crippen LogP contribution in [0.15, 0.2) is 60.7 Å². The van der Waals surface area contributed by atoms with Crippen molar-refractivity contribution in [1.82, 2.24) is 9.55 Å². The van der Waals surface area contributed by atoms with Gasteiger partial charge in [-0.3, -0.25) is 4.57 Å². The Bertz CT molecular complexity index is 1120. The number of fused-ring (bicyclic) bond motifs is 1. The molecular formula is C23H22N2O4. The number of methoxy groups -OCH3 is 4. The van der Waals surface area contributed by atoms with Crippen LogP contribution in [0.5, 0.6) is 23.0 Å². The Morgan fingerprint density at radius 3 is 1.97 bits per heavy atom. The summed E-state index contributed by atoms with van der Waals surface area (Å²) in [5.41, 5.74) is 3.73. The molecule has 0 atom stereocenters. The molecule has 0 amide bonds. The van der Waals surface area contributed by atoms with E-state index in [9.17, 15) is 0 Å². The van der Waals surface area contributed by atoms with Gasteiger partial charge in [-0.15, -0.1) is 0 Å². The Morgan fingerprint density at radius 1 is 0.724 bits per heavy atom. The van der Waals surface area contributed by atoms with Gasteiger partial charge in [0.25, 0.3) is 0 Å². The molecule has 148 valence electrons. The molecular weight excluding hydrogens is 368 g/mol. The third-order valence-corrected chi connectivity index (χ3v) is 4.81. The van der Waals surface area contributed by atoms with E-state index >= 15 is 0 Å². The number of para-hydroxylation sites is 2. The van der Waals surface area contributed by atoms with Gasteiger partial charge in [0.2, 0.25) is 5.75 Å². The van der Waals surface area contributed by atoms with Crippen LogP contribution in [0.1, 0.15) is 0 Å². The van der Waals surface area contributed by atoms with E-state index in [2.05, 4.69) is 4.57 Å². The summed E-state index contributed by atoms with van der Waals surface area (Å²) in [5, 5.41) is 0. The molecule has 0 bridgehead atoms.